The highest BCUT2D eigenvalue weighted by atomic mass is 16.3. The second-order valence-corrected chi connectivity index (χ2v) is 6.80. The van der Waals surface area contributed by atoms with E-state index < -0.39 is 0 Å². The summed E-state index contributed by atoms with van der Waals surface area (Å²) in [5, 5.41) is 2.85. The van der Waals surface area contributed by atoms with Crippen LogP contribution >= 0.6 is 0 Å². The van der Waals surface area contributed by atoms with Crippen LogP contribution in [0.1, 0.15) is 32.0 Å². The molecule has 0 aliphatic heterocycles. The molecule has 3 rings (SSSR count). The lowest BCUT2D eigenvalue weighted by Gasteiger charge is -2.11. The van der Waals surface area contributed by atoms with Crippen molar-refractivity contribution in [3.8, 4) is 11.5 Å². The number of carbonyl (C=O) groups is 2. The van der Waals surface area contributed by atoms with Crippen molar-refractivity contribution in [3.05, 3.63) is 77.2 Å². The smallest absolute Gasteiger partial charge is 0.253 e. The van der Waals surface area contributed by atoms with Crippen molar-refractivity contribution < 1.29 is 14.0 Å². The van der Waals surface area contributed by atoms with Crippen molar-refractivity contribution in [1.29, 1.82) is 0 Å². The van der Waals surface area contributed by atoms with Gasteiger partial charge in [0.05, 0.1) is 5.69 Å². The Labute approximate surface area is 164 Å². The summed E-state index contributed by atoms with van der Waals surface area (Å²) >= 11 is 0. The van der Waals surface area contributed by atoms with Crippen LogP contribution < -0.4 is 5.32 Å². The minimum atomic E-state index is -0.226. The predicted octanol–water partition coefficient (Wildman–Crippen LogP) is 3.32. The van der Waals surface area contributed by atoms with Crippen LogP contribution in [-0.4, -0.2) is 42.3 Å². The third kappa shape index (κ3) is 4.65. The molecule has 0 saturated carbocycles. The van der Waals surface area contributed by atoms with Gasteiger partial charge < -0.3 is 14.6 Å². The van der Waals surface area contributed by atoms with Crippen LogP contribution in [0.15, 0.2) is 59.2 Å². The number of carbonyl (C=O) groups excluding carboxylic acids is 2. The molecular formula is C22H23N3O3. The van der Waals surface area contributed by atoms with E-state index in [9.17, 15) is 9.59 Å². The Morgan fingerprint density at radius 2 is 1.79 bits per heavy atom. The van der Waals surface area contributed by atoms with E-state index in [1.54, 1.807) is 44.6 Å². The molecule has 0 bridgehead atoms. The lowest BCUT2D eigenvalue weighted by Crippen LogP contribution is -2.26. The fourth-order valence-electron chi connectivity index (χ4n) is 2.71. The first-order valence-corrected chi connectivity index (χ1v) is 9.05. The Morgan fingerprint density at radius 3 is 2.50 bits per heavy atom. The van der Waals surface area contributed by atoms with Gasteiger partial charge in [-0.25, -0.2) is 4.98 Å². The summed E-state index contributed by atoms with van der Waals surface area (Å²) in [4.78, 5) is 30.3. The normalized spacial score (nSPS) is 10.5. The second-order valence-electron chi connectivity index (χ2n) is 6.80. The Bertz CT molecular complexity index is 975. The average Bonchev–Trinajstić information content (AvgIpc) is 3.16. The third-order valence-corrected chi connectivity index (χ3v) is 4.29. The van der Waals surface area contributed by atoms with Gasteiger partial charge in [-0.15, -0.1) is 0 Å². The molecule has 28 heavy (non-hydrogen) atoms. The van der Waals surface area contributed by atoms with E-state index in [2.05, 4.69) is 10.3 Å². The highest BCUT2D eigenvalue weighted by molar-refractivity contribution is 5.99. The SMILES string of the molecule is Cc1ccc(-c2nc(CCNC(=O)c3cccc(C(=O)N(C)C)c3)co2)cc1. The molecule has 0 unspecified atom stereocenters. The van der Waals surface area contributed by atoms with Crippen LogP contribution in [0.3, 0.4) is 0 Å². The standard InChI is InChI=1S/C22H23N3O3/c1-15-7-9-16(10-8-15)21-24-19(14-28-21)11-12-23-20(26)17-5-4-6-18(13-17)22(27)25(2)3/h4-10,13-14H,11-12H2,1-3H3,(H,23,26). The first-order valence-electron chi connectivity index (χ1n) is 9.05. The van der Waals surface area contributed by atoms with Gasteiger partial charge in [-0.1, -0.05) is 23.8 Å². The van der Waals surface area contributed by atoms with Crippen molar-refractivity contribution in [3.63, 3.8) is 0 Å². The van der Waals surface area contributed by atoms with Gasteiger partial charge in [0, 0.05) is 43.8 Å². The number of rotatable bonds is 6. The molecule has 6 nitrogen and oxygen atoms in total. The van der Waals surface area contributed by atoms with Crippen molar-refractivity contribution in [2.45, 2.75) is 13.3 Å². The van der Waals surface area contributed by atoms with Crippen LogP contribution in [0.2, 0.25) is 0 Å². The molecule has 0 atom stereocenters. The molecule has 0 radical (unpaired) electrons. The van der Waals surface area contributed by atoms with Gasteiger partial charge in [0.15, 0.2) is 0 Å². The average molecular weight is 377 g/mol. The Hall–Kier alpha value is -3.41. The maximum Gasteiger partial charge on any atom is 0.253 e. The number of hydrogen-bond donors (Lipinski definition) is 1. The molecule has 1 heterocycles. The molecule has 0 saturated heterocycles. The zero-order valence-corrected chi connectivity index (χ0v) is 16.2. The molecule has 1 aromatic heterocycles. The van der Waals surface area contributed by atoms with Crippen molar-refractivity contribution >= 4 is 11.8 Å². The molecule has 0 aliphatic rings. The highest BCUT2D eigenvalue weighted by Crippen LogP contribution is 2.19. The van der Waals surface area contributed by atoms with Gasteiger partial charge in [0.2, 0.25) is 5.89 Å². The maximum atomic E-state index is 12.4. The summed E-state index contributed by atoms with van der Waals surface area (Å²) in [5.74, 6) is 0.202. The summed E-state index contributed by atoms with van der Waals surface area (Å²) in [6, 6.07) is 14.6. The van der Waals surface area contributed by atoms with E-state index in [4.69, 9.17) is 4.42 Å². The lowest BCUT2D eigenvalue weighted by atomic mass is 10.1. The van der Waals surface area contributed by atoms with Crippen LogP contribution in [0.25, 0.3) is 11.5 Å². The van der Waals surface area contributed by atoms with Gasteiger partial charge in [0.25, 0.3) is 11.8 Å². The van der Waals surface area contributed by atoms with E-state index in [0.717, 1.165) is 11.3 Å². The van der Waals surface area contributed by atoms with E-state index >= 15 is 0 Å². The monoisotopic (exact) mass is 377 g/mol. The van der Waals surface area contributed by atoms with Crippen molar-refractivity contribution in [2.24, 2.45) is 0 Å². The minimum Gasteiger partial charge on any atom is -0.444 e. The number of aryl methyl sites for hydroxylation is 1. The number of oxazole rings is 1. The summed E-state index contributed by atoms with van der Waals surface area (Å²) < 4.78 is 5.53. The van der Waals surface area contributed by atoms with Crippen molar-refractivity contribution in [1.82, 2.24) is 15.2 Å². The number of hydrogen-bond acceptors (Lipinski definition) is 4. The van der Waals surface area contributed by atoms with Gasteiger partial charge in [-0.2, -0.15) is 0 Å². The first-order chi connectivity index (χ1) is 13.4. The zero-order chi connectivity index (χ0) is 20.1. The van der Waals surface area contributed by atoms with E-state index in [-0.39, 0.29) is 11.8 Å². The summed E-state index contributed by atoms with van der Waals surface area (Å²) in [6.07, 6.45) is 2.16. The molecule has 1 N–H and O–H groups in total. The predicted molar refractivity (Wildman–Crippen MR) is 107 cm³/mol. The number of aromatic nitrogens is 1. The molecule has 0 spiro atoms. The quantitative estimate of drug-likeness (QED) is 0.715. The molecular weight excluding hydrogens is 354 g/mol. The number of amides is 2. The molecule has 3 aromatic rings. The molecule has 144 valence electrons. The van der Waals surface area contributed by atoms with Crippen LogP contribution in [0, 0.1) is 6.92 Å². The highest BCUT2D eigenvalue weighted by Gasteiger charge is 2.12. The van der Waals surface area contributed by atoms with Crippen LogP contribution in [0.5, 0.6) is 0 Å². The molecule has 6 heteroatoms. The van der Waals surface area contributed by atoms with Gasteiger partial charge in [-0.05, 0) is 37.3 Å². The summed E-state index contributed by atoms with van der Waals surface area (Å²) in [6.45, 7) is 2.45. The topological polar surface area (TPSA) is 75.4 Å². The largest absolute Gasteiger partial charge is 0.444 e. The maximum absolute atomic E-state index is 12.4. The molecule has 0 fully saturated rings. The number of benzene rings is 2. The third-order valence-electron chi connectivity index (χ3n) is 4.29. The number of nitrogens with one attached hydrogen (secondary N) is 1. The zero-order valence-electron chi connectivity index (χ0n) is 16.2. The van der Waals surface area contributed by atoms with E-state index in [0.29, 0.717) is 30.0 Å². The Morgan fingerprint density at radius 1 is 1.07 bits per heavy atom. The Balaban J connectivity index is 1.57. The lowest BCUT2D eigenvalue weighted by molar-refractivity contribution is 0.0827. The molecule has 2 aromatic carbocycles. The van der Waals surface area contributed by atoms with Crippen molar-refractivity contribution in [2.75, 3.05) is 20.6 Å². The molecule has 0 aliphatic carbocycles. The van der Waals surface area contributed by atoms with Crippen LogP contribution in [-0.2, 0) is 6.42 Å². The fourth-order valence-corrected chi connectivity index (χ4v) is 2.71. The molecule has 2 amide bonds. The van der Waals surface area contributed by atoms with Gasteiger partial charge in [-0.3, -0.25) is 9.59 Å². The second kappa shape index (κ2) is 8.52. The summed E-state index contributed by atoms with van der Waals surface area (Å²) in [7, 11) is 3.36. The number of nitrogens with zero attached hydrogens (tertiary/aromatic N) is 2. The van der Waals surface area contributed by atoms with Gasteiger partial charge >= 0.3 is 0 Å². The van der Waals surface area contributed by atoms with E-state index in [1.807, 2.05) is 31.2 Å². The fraction of sp³-hybridized carbons (Fsp3) is 0.227. The first kappa shape index (κ1) is 19.4. The minimum absolute atomic E-state index is 0.138. The van der Waals surface area contributed by atoms with Crippen LogP contribution in [0.4, 0.5) is 0 Å². The van der Waals surface area contributed by atoms with Gasteiger partial charge in [0.1, 0.15) is 6.26 Å². The summed E-state index contributed by atoms with van der Waals surface area (Å²) in [5.41, 5.74) is 3.80. The Kier molecular flexibility index (Phi) is 5.89. The van der Waals surface area contributed by atoms with E-state index in [1.165, 1.54) is 10.5 Å².